The van der Waals surface area contributed by atoms with Gasteiger partial charge >= 0.3 is 0 Å². The third kappa shape index (κ3) is 5.48. The van der Waals surface area contributed by atoms with Crippen LogP contribution < -0.4 is 10.1 Å². The van der Waals surface area contributed by atoms with Crippen LogP contribution in [0.2, 0.25) is 0 Å². The molecule has 40 heavy (non-hydrogen) atoms. The lowest BCUT2D eigenvalue weighted by Crippen LogP contribution is -2.43. The number of piperazine rings is 1. The summed E-state index contributed by atoms with van der Waals surface area (Å²) in [6, 6.07) is 4.00. The van der Waals surface area contributed by atoms with Gasteiger partial charge in [0.1, 0.15) is 23.9 Å². The van der Waals surface area contributed by atoms with E-state index in [1.165, 1.54) is 5.56 Å². The average molecular weight is 566 g/mol. The van der Waals surface area contributed by atoms with Crippen molar-refractivity contribution in [2.45, 2.75) is 45.7 Å². The summed E-state index contributed by atoms with van der Waals surface area (Å²) >= 11 is 1.63. The minimum absolute atomic E-state index is 0.232. The maximum Gasteiger partial charge on any atom is 0.238 e. The molecule has 1 N–H and O–H groups in total. The van der Waals surface area contributed by atoms with Crippen LogP contribution in [0.3, 0.4) is 0 Å². The first kappa shape index (κ1) is 26.9. The van der Waals surface area contributed by atoms with Crippen molar-refractivity contribution in [1.82, 2.24) is 39.1 Å². The van der Waals surface area contributed by atoms with Crippen LogP contribution in [0.15, 0.2) is 24.7 Å². The minimum Gasteiger partial charge on any atom is -0.479 e. The Bertz CT molecular complexity index is 1470. The van der Waals surface area contributed by atoms with E-state index in [1.807, 2.05) is 29.8 Å². The van der Waals surface area contributed by atoms with Crippen LogP contribution in [-0.4, -0.2) is 86.1 Å². The van der Waals surface area contributed by atoms with Crippen LogP contribution in [0.25, 0.3) is 17.1 Å². The molecule has 0 atom stereocenters. The lowest BCUT2D eigenvalue weighted by molar-refractivity contribution is 0.149. The Kier molecular flexibility index (Phi) is 7.81. The van der Waals surface area contributed by atoms with E-state index in [1.54, 1.807) is 29.5 Å². The van der Waals surface area contributed by atoms with Crippen molar-refractivity contribution in [3.05, 3.63) is 46.5 Å². The second kappa shape index (κ2) is 11.6. The minimum atomic E-state index is -0.459. The third-order valence-corrected chi connectivity index (χ3v) is 8.63. The van der Waals surface area contributed by atoms with Gasteiger partial charge in [-0.2, -0.15) is 5.10 Å². The van der Waals surface area contributed by atoms with Crippen LogP contribution >= 0.6 is 11.3 Å². The molecule has 0 saturated carbocycles. The molecule has 10 nitrogen and oxygen atoms in total. The Labute approximate surface area is 237 Å². The standard InChI is InChI=1S/C28H36FN9OS/c1-19-16-37(18-30-19)23-9-8-22(31-27(23)39-3)25-24(17-36-14-12-35(2)13-15-36)40-28(32-25)33-26-20-6-4-5-7-21(20)34-38(26)11-10-29/h8-9,16,18H,4-7,10-15,17H2,1-3H3,(H,32,33). The molecule has 2 aliphatic rings. The monoisotopic (exact) mass is 565 g/mol. The smallest absolute Gasteiger partial charge is 0.238 e. The normalized spacial score (nSPS) is 16.3. The maximum atomic E-state index is 13.4. The number of fused-ring (bicyclic) bond motifs is 1. The second-order valence-corrected chi connectivity index (χ2v) is 11.6. The van der Waals surface area contributed by atoms with Crippen molar-refractivity contribution in [1.29, 1.82) is 0 Å². The van der Waals surface area contributed by atoms with E-state index < -0.39 is 6.67 Å². The first-order valence-corrected chi connectivity index (χ1v) is 14.7. The molecule has 4 aromatic rings. The molecule has 1 aliphatic carbocycles. The van der Waals surface area contributed by atoms with E-state index in [9.17, 15) is 4.39 Å². The van der Waals surface area contributed by atoms with E-state index in [2.05, 4.69) is 27.1 Å². The highest BCUT2D eigenvalue weighted by Crippen LogP contribution is 2.37. The summed E-state index contributed by atoms with van der Waals surface area (Å²) in [6.45, 7) is 6.60. The maximum absolute atomic E-state index is 13.4. The van der Waals surface area contributed by atoms with Crippen LogP contribution in [0.5, 0.6) is 5.88 Å². The molecule has 5 heterocycles. The van der Waals surface area contributed by atoms with E-state index in [0.717, 1.165) is 103 Å². The number of nitrogens with zero attached hydrogens (tertiary/aromatic N) is 8. The molecule has 1 aliphatic heterocycles. The number of alkyl halides is 1. The van der Waals surface area contributed by atoms with E-state index in [-0.39, 0.29) is 6.54 Å². The van der Waals surface area contributed by atoms with Gasteiger partial charge in [-0.25, -0.2) is 24.0 Å². The summed E-state index contributed by atoms with van der Waals surface area (Å²) in [6.07, 6.45) is 7.84. The molecular formula is C28H36FN9OS. The van der Waals surface area contributed by atoms with Crippen molar-refractivity contribution in [2.75, 3.05) is 52.3 Å². The van der Waals surface area contributed by atoms with Gasteiger partial charge in [0.15, 0.2) is 5.13 Å². The average Bonchev–Trinajstić information content (AvgIpc) is 3.67. The molecule has 212 valence electrons. The Morgan fingerprint density at radius 3 is 2.67 bits per heavy atom. The molecule has 0 unspecified atom stereocenters. The van der Waals surface area contributed by atoms with E-state index in [0.29, 0.717) is 5.88 Å². The molecule has 0 radical (unpaired) electrons. The predicted molar refractivity (Wildman–Crippen MR) is 155 cm³/mol. The van der Waals surface area contributed by atoms with Crippen molar-refractivity contribution >= 4 is 22.3 Å². The lowest BCUT2D eigenvalue weighted by atomic mass is 9.97. The number of methoxy groups -OCH3 is 1. The largest absolute Gasteiger partial charge is 0.479 e. The Hall–Kier alpha value is -3.35. The van der Waals surface area contributed by atoms with Crippen LogP contribution in [0, 0.1) is 6.92 Å². The SMILES string of the molecule is COc1nc(-c2nc(Nc3c4c(nn3CCF)CCCC4)sc2CN2CCN(C)CC2)ccc1-n1cnc(C)c1. The summed E-state index contributed by atoms with van der Waals surface area (Å²) in [4.78, 5) is 20.3. The summed E-state index contributed by atoms with van der Waals surface area (Å²) in [5, 5.41) is 9.05. The Balaban J connectivity index is 1.37. The summed E-state index contributed by atoms with van der Waals surface area (Å²) in [5.74, 6) is 1.38. The number of ether oxygens (including phenoxy) is 1. The first-order valence-electron chi connectivity index (χ1n) is 13.9. The number of hydrogen-bond acceptors (Lipinski definition) is 9. The number of thiazole rings is 1. The van der Waals surface area contributed by atoms with Crippen molar-refractivity contribution in [2.24, 2.45) is 0 Å². The van der Waals surface area contributed by atoms with Crippen molar-refractivity contribution in [3.8, 4) is 23.0 Å². The van der Waals surface area contributed by atoms with Gasteiger partial charge in [0.2, 0.25) is 5.88 Å². The fourth-order valence-electron chi connectivity index (χ4n) is 5.48. The summed E-state index contributed by atoms with van der Waals surface area (Å²) in [5.41, 5.74) is 5.60. The van der Waals surface area contributed by atoms with Gasteiger partial charge in [-0.15, -0.1) is 0 Å². The second-order valence-electron chi connectivity index (χ2n) is 10.5. The van der Waals surface area contributed by atoms with Crippen LogP contribution in [0.4, 0.5) is 15.3 Å². The molecular weight excluding hydrogens is 529 g/mol. The lowest BCUT2D eigenvalue weighted by Gasteiger charge is -2.32. The third-order valence-electron chi connectivity index (χ3n) is 7.67. The molecule has 0 aromatic carbocycles. The highest BCUT2D eigenvalue weighted by atomic mass is 32.1. The van der Waals surface area contributed by atoms with Crippen molar-refractivity contribution in [3.63, 3.8) is 0 Å². The topological polar surface area (TPSA) is 89.2 Å². The molecule has 0 amide bonds. The van der Waals surface area contributed by atoms with E-state index >= 15 is 0 Å². The number of likely N-dealkylation sites (N-methyl/N-ethyl adjacent to an activating group) is 1. The quantitative estimate of drug-likeness (QED) is 0.322. The Morgan fingerprint density at radius 1 is 1.10 bits per heavy atom. The van der Waals surface area contributed by atoms with Crippen LogP contribution in [-0.2, 0) is 25.9 Å². The number of aryl methyl sites for hydroxylation is 3. The highest BCUT2D eigenvalue weighted by molar-refractivity contribution is 7.16. The molecule has 12 heteroatoms. The summed E-state index contributed by atoms with van der Waals surface area (Å²) < 4.78 is 22.8. The molecule has 1 saturated heterocycles. The van der Waals surface area contributed by atoms with Gasteiger partial charge in [-0.1, -0.05) is 11.3 Å². The fraction of sp³-hybridized carbons (Fsp3) is 0.500. The number of hydrogen-bond donors (Lipinski definition) is 1. The predicted octanol–water partition coefficient (Wildman–Crippen LogP) is 4.24. The number of pyridine rings is 1. The van der Waals surface area contributed by atoms with Crippen LogP contribution in [0.1, 0.15) is 34.7 Å². The number of aromatic nitrogens is 6. The van der Waals surface area contributed by atoms with Gasteiger partial charge in [-0.3, -0.25) is 4.90 Å². The van der Waals surface area contributed by atoms with Crippen molar-refractivity contribution < 1.29 is 9.13 Å². The van der Waals surface area contributed by atoms with Gasteiger partial charge in [0.25, 0.3) is 0 Å². The number of nitrogens with one attached hydrogen (secondary N) is 1. The van der Waals surface area contributed by atoms with Gasteiger partial charge in [0.05, 0.1) is 41.9 Å². The molecule has 4 aromatic heterocycles. The first-order chi connectivity index (χ1) is 19.5. The summed E-state index contributed by atoms with van der Waals surface area (Å²) in [7, 11) is 3.80. The van der Waals surface area contributed by atoms with E-state index in [4.69, 9.17) is 19.8 Å². The zero-order valence-electron chi connectivity index (χ0n) is 23.4. The zero-order chi connectivity index (χ0) is 27.6. The van der Waals surface area contributed by atoms with Gasteiger partial charge in [-0.05, 0) is 51.8 Å². The molecule has 1 fully saturated rings. The molecule has 0 spiro atoms. The zero-order valence-corrected chi connectivity index (χ0v) is 24.2. The number of imidazole rings is 1. The fourth-order valence-corrected chi connectivity index (χ4v) is 6.49. The van der Waals surface area contributed by atoms with Gasteiger partial charge < -0.3 is 19.5 Å². The number of anilines is 2. The van der Waals surface area contributed by atoms with Gasteiger partial charge in [0, 0.05) is 44.5 Å². The Morgan fingerprint density at radius 2 is 1.93 bits per heavy atom. The molecule has 0 bridgehead atoms. The number of halogens is 1. The highest BCUT2D eigenvalue weighted by Gasteiger charge is 2.25. The molecule has 6 rings (SSSR count). The number of rotatable bonds is 9.